The van der Waals surface area contributed by atoms with Crippen LogP contribution in [0.1, 0.15) is 28.8 Å². The van der Waals surface area contributed by atoms with Crippen molar-refractivity contribution in [3.63, 3.8) is 0 Å². The standard InChI is InChI=1S/C23H23N5O3/c1-5-19-20(15-9-11-17(30-3)12-10-15)22-26-25-21(14(2)28(22)27-19)23(29)24-16-7-6-8-18(13-16)31-4/h6-13H,5H2,1-4H3,(H,24,29). The van der Waals surface area contributed by atoms with Crippen LogP contribution in [0.15, 0.2) is 48.5 Å². The lowest BCUT2D eigenvalue weighted by molar-refractivity contribution is 0.102. The highest BCUT2D eigenvalue weighted by Crippen LogP contribution is 2.30. The highest BCUT2D eigenvalue weighted by Gasteiger charge is 2.21. The van der Waals surface area contributed by atoms with Crippen molar-refractivity contribution >= 4 is 17.2 Å². The highest BCUT2D eigenvalue weighted by molar-refractivity contribution is 6.03. The van der Waals surface area contributed by atoms with E-state index in [4.69, 9.17) is 14.6 Å². The van der Waals surface area contributed by atoms with Gasteiger partial charge in [0.15, 0.2) is 11.3 Å². The fraction of sp³-hybridized carbons (Fsp3) is 0.217. The van der Waals surface area contributed by atoms with E-state index in [1.165, 1.54) is 0 Å². The zero-order valence-electron chi connectivity index (χ0n) is 17.8. The van der Waals surface area contributed by atoms with Crippen molar-refractivity contribution in [1.29, 1.82) is 0 Å². The lowest BCUT2D eigenvalue weighted by atomic mass is 10.0. The highest BCUT2D eigenvalue weighted by atomic mass is 16.5. The monoisotopic (exact) mass is 417 g/mol. The number of carbonyl (C=O) groups is 1. The molecular formula is C23H23N5O3. The molecule has 0 aliphatic carbocycles. The molecule has 158 valence electrons. The maximum absolute atomic E-state index is 12.9. The summed E-state index contributed by atoms with van der Waals surface area (Å²) >= 11 is 0. The number of hydrogen-bond acceptors (Lipinski definition) is 6. The van der Waals surface area contributed by atoms with Crippen LogP contribution in [0.3, 0.4) is 0 Å². The first-order valence-corrected chi connectivity index (χ1v) is 9.90. The number of carbonyl (C=O) groups excluding carboxylic acids is 1. The molecule has 4 rings (SSSR count). The Morgan fingerprint density at radius 2 is 1.77 bits per heavy atom. The van der Waals surface area contributed by atoms with Crippen molar-refractivity contribution in [2.45, 2.75) is 20.3 Å². The second-order valence-electron chi connectivity index (χ2n) is 6.96. The van der Waals surface area contributed by atoms with Crippen molar-refractivity contribution in [1.82, 2.24) is 19.8 Å². The normalized spacial score (nSPS) is 10.8. The summed E-state index contributed by atoms with van der Waals surface area (Å²) in [4.78, 5) is 12.9. The van der Waals surface area contributed by atoms with Crippen molar-refractivity contribution in [2.24, 2.45) is 0 Å². The number of benzene rings is 2. The Hall–Kier alpha value is -3.94. The van der Waals surface area contributed by atoms with Gasteiger partial charge in [-0.25, -0.2) is 4.52 Å². The molecule has 0 atom stereocenters. The Balaban J connectivity index is 1.74. The van der Waals surface area contributed by atoms with Crippen LogP contribution in [0.2, 0.25) is 0 Å². The van der Waals surface area contributed by atoms with E-state index in [9.17, 15) is 4.79 Å². The first kappa shape index (κ1) is 20.3. The van der Waals surface area contributed by atoms with Crippen molar-refractivity contribution in [2.75, 3.05) is 19.5 Å². The molecule has 0 aliphatic rings. The molecule has 1 amide bonds. The number of anilines is 1. The molecule has 0 bridgehead atoms. The summed E-state index contributed by atoms with van der Waals surface area (Å²) in [6.45, 7) is 3.85. The predicted molar refractivity (Wildman–Crippen MR) is 118 cm³/mol. The average Bonchev–Trinajstić information content (AvgIpc) is 3.19. The van der Waals surface area contributed by atoms with Crippen LogP contribution in [-0.4, -0.2) is 39.9 Å². The molecule has 0 aliphatic heterocycles. The van der Waals surface area contributed by atoms with Crippen LogP contribution >= 0.6 is 0 Å². The van der Waals surface area contributed by atoms with Gasteiger partial charge in [0.25, 0.3) is 5.91 Å². The lowest BCUT2D eigenvalue weighted by Crippen LogP contribution is -2.18. The van der Waals surface area contributed by atoms with E-state index in [-0.39, 0.29) is 11.6 Å². The SMILES string of the molecule is CCc1nn2c(C)c(C(=O)Nc3cccc(OC)c3)nnc2c1-c1ccc(OC)cc1. The van der Waals surface area contributed by atoms with Gasteiger partial charge in [0.1, 0.15) is 11.5 Å². The predicted octanol–water partition coefficient (Wildman–Crippen LogP) is 3.93. The van der Waals surface area contributed by atoms with Crippen LogP contribution in [0.25, 0.3) is 16.8 Å². The molecule has 1 N–H and O–H groups in total. The largest absolute Gasteiger partial charge is 0.497 e. The van der Waals surface area contributed by atoms with Gasteiger partial charge >= 0.3 is 0 Å². The minimum Gasteiger partial charge on any atom is -0.497 e. The summed E-state index contributed by atoms with van der Waals surface area (Å²) in [5.41, 5.74) is 4.79. The van der Waals surface area contributed by atoms with Crippen LogP contribution in [0.4, 0.5) is 5.69 Å². The van der Waals surface area contributed by atoms with Crippen LogP contribution in [0, 0.1) is 6.92 Å². The van der Waals surface area contributed by atoms with Gasteiger partial charge in [0, 0.05) is 11.8 Å². The van der Waals surface area contributed by atoms with E-state index in [1.54, 1.807) is 36.9 Å². The van der Waals surface area contributed by atoms with E-state index in [0.29, 0.717) is 22.8 Å². The second kappa shape index (κ2) is 8.43. The number of nitrogens with one attached hydrogen (secondary N) is 1. The quantitative estimate of drug-likeness (QED) is 0.511. The zero-order valence-corrected chi connectivity index (χ0v) is 17.8. The van der Waals surface area contributed by atoms with Gasteiger partial charge in [-0.1, -0.05) is 25.1 Å². The molecule has 2 heterocycles. The van der Waals surface area contributed by atoms with Crippen LogP contribution < -0.4 is 14.8 Å². The lowest BCUT2D eigenvalue weighted by Gasteiger charge is -2.09. The molecule has 0 saturated heterocycles. The molecule has 4 aromatic rings. The maximum atomic E-state index is 12.9. The number of rotatable bonds is 6. The Morgan fingerprint density at radius 3 is 2.45 bits per heavy atom. The molecule has 0 radical (unpaired) electrons. The number of amides is 1. The molecule has 31 heavy (non-hydrogen) atoms. The minimum atomic E-state index is -0.361. The van der Waals surface area contributed by atoms with E-state index < -0.39 is 0 Å². The number of aryl methyl sites for hydroxylation is 2. The Labute approximate surface area is 179 Å². The summed E-state index contributed by atoms with van der Waals surface area (Å²) < 4.78 is 12.1. The molecule has 0 fully saturated rings. The van der Waals surface area contributed by atoms with Gasteiger partial charge in [-0.05, 0) is 43.2 Å². The number of fused-ring (bicyclic) bond motifs is 1. The van der Waals surface area contributed by atoms with Gasteiger partial charge in [0.2, 0.25) is 0 Å². The third-order valence-electron chi connectivity index (χ3n) is 5.09. The molecular weight excluding hydrogens is 394 g/mol. The summed E-state index contributed by atoms with van der Waals surface area (Å²) in [6.07, 6.45) is 0.718. The third kappa shape index (κ3) is 3.79. The number of hydrogen-bond donors (Lipinski definition) is 1. The molecule has 0 saturated carbocycles. The van der Waals surface area contributed by atoms with Gasteiger partial charge in [-0.2, -0.15) is 5.10 Å². The zero-order chi connectivity index (χ0) is 22.0. The van der Waals surface area contributed by atoms with Gasteiger partial charge < -0.3 is 14.8 Å². The number of nitrogens with zero attached hydrogens (tertiary/aromatic N) is 4. The first-order valence-electron chi connectivity index (χ1n) is 9.90. The fourth-order valence-electron chi connectivity index (χ4n) is 3.45. The summed E-state index contributed by atoms with van der Waals surface area (Å²) in [5.74, 6) is 1.07. The van der Waals surface area contributed by atoms with Crippen LogP contribution in [0.5, 0.6) is 11.5 Å². The molecule has 2 aromatic carbocycles. The first-order chi connectivity index (χ1) is 15.0. The molecule has 0 spiro atoms. The number of aromatic nitrogens is 4. The summed E-state index contributed by atoms with van der Waals surface area (Å²) in [7, 11) is 3.21. The van der Waals surface area contributed by atoms with Crippen molar-refractivity contribution in [3.05, 3.63) is 65.6 Å². The fourth-order valence-corrected chi connectivity index (χ4v) is 3.45. The Morgan fingerprint density at radius 1 is 1.03 bits per heavy atom. The topological polar surface area (TPSA) is 90.6 Å². The maximum Gasteiger partial charge on any atom is 0.278 e. The third-order valence-corrected chi connectivity index (χ3v) is 5.09. The van der Waals surface area contributed by atoms with Crippen molar-refractivity contribution < 1.29 is 14.3 Å². The van der Waals surface area contributed by atoms with E-state index >= 15 is 0 Å². The molecule has 2 aromatic heterocycles. The second-order valence-corrected chi connectivity index (χ2v) is 6.96. The minimum absolute atomic E-state index is 0.210. The van der Waals surface area contributed by atoms with Gasteiger partial charge in [-0.15, -0.1) is 10.2 Å². The Bertz CT molecular complexity index is 1250. The summed E-state index contributed by atoms with van der Waals surface area (Å²) in [6, 6.07) is 14.9. The number of ether oxygens (including phenoxy) is 2. The summed E-state index contributed by atoms with van der Waals surface area (Å²) in [5, 5.41) is 16.1. The van der Waals surface area contributed by atoms with E-state index in [1.807, 2.05) is 44.2 Å². The van der Waals surface area contributed by atoms with Crippen molar-refractivity contribution in [3.8, 4) is 22.6 Å². The van der Waals surface area contributed by atoms with E-state index in [2.05, 4.69) is 15.5 Å². The van der Waals surface area contributed by atoms with Gasteiger partial charge in [0.05, 0.1) is 31.2 Å². The molecule has 8 heteroatoms. The Kier molecular flexibility index (Phi) is 5.53. The molecule has 0 unspecified atom stereocenters. The molecule has 8 nitrogen and oxygen atoms in total. The van der Waals surface area contributed by atoms with Gasteiger partial charge in [-0.3, -0.25) is 4.79 Å². The van der Waals surface area contributed by atoms with E-state index in [0.717, 1.165) is 29.0 Å². The number of methoxy groups -OCH3 is 2. The van der Waals surface area contributed by atoms with Crippen LogP contribution in [-0.2, 0) is 6.42 Å². The average molecular weight is 417 g/mol. The smallest absolute Gasteiger partial charge is 0.278 e.